The van der Waals surface area contributed by atoms with Gasteiger partial charge in [-0.3, -0.25) is 4.79 Å². The van der Waals surface area contributed by atoms with Gasteiger partial charge in [0.15, 0.2) is 0 Å². The van der Waals surface area contributed by atoms with Crippen LogP contribution in [0.5, 0.6) is 0 Å². The second-order valence-electron chi connectivity index (χ2n) is 5.95. The second-order valence-corrected chi connectivity index (χ2v) is 5.95. The lowest BCUT2D eigenvalue weighted by Gasteiger charge is -2.08. The quantitative estimate of drug-likeness (QED) is 0.746. The average molecular weight is 332 g/mol. The Morgan fingerprint density at radius 1 is 0.960 bits per heavy atom. The predicted molar refractivity (Wildman–Crippen MR) is 98.8 cm³/mol. The van der Waals surface area contributed by atoms with Crippen molar-refractivity contribution in [3.8, 4) is 0 Å². The fourth-order valence-corrected chi connectivity index (χ4v) is 2.40. The molecule has 5 nitrogen and oxygen atoms in total. The third-order valence-corrected chi connectivity index (χ3v) is 3.76. The molecule has 0 aliphatic rings. The molecule has 3 rings (SSSR count). The van der Waals surface area contributed by atoms with E-state index >= 15 is 0 Å². The molecule has 126 valence electrons. The summed E-state index contributed by atoms with van der Waals surface area (Å²) >= 11 is 0. The topological polar surface area (TPSA) is 66.9 Å². The van der Waals surface area contributed by atoms with E-state index < -0.39 is 0 Å². The molecule has 0 saturated heterocycles. The summed E-state index contributed by atoms with van der Waals surface area (Å²) in [7, 11) is 0. The van der Waals surface area contributed by atoms with Crippen LogP contribution in [0.2, 0.25) is 0 Å². The van der Waals surface area contributed by atoms with Crippen molar-refractivity contribution >= 4 is 17.4 Å². The van der Waals surface area contributed by atoms with Crippen molar-refractivity contribution in [2.75, 3.05) is 5.32 Å². The molecule has 0 radical (unpaired) electrons. The van der Waals surface area contributed by atoms with Crippen molar-refractivity contribution in [3.63, 3.8) is 0 Å². The van der Waals surface area contributed by atoms with E-state index in [-0.39, 0.29) is 5.91 Å². The van der Waals surface area contributed by atoms with Crippen LogP contribution >= 0.6 is 0 Å². The number of benzene rings is 2. The number of hydrogen-bond donors (Lipinski definition) is 2. The number of anilines is 2. The largest absolute Gasteiger partial charge is 0.347 e. The van der Waals surface area contributed by atoms with Crippen molar-refractivity contribution in [1.29, 1.82) is 0 Å². The second kappa shape index (κ2) is 7.57. The Bertz CT molecular complexity index is 875. The minimum atomic E-state index is -0.227. The SMILES string of the molecule is Cc1ccc(CNC(=O)c2cc(Nc3cccc(C)c3)ncn2)cc1. The van der Waals surface area contributed by atoms with Crippen LogP contribution < -0.4 is 10.6 Å². The van der Waals surface area contributed by atoms with Gasteiger partial charge in [0, 0.05) is 18.3 Å². The highest BCUT2D eigenvalue weighted by Crippen LogP contribution is 2.15. The lowest BCUT2D eigenvalue weighted by molar-refractivity contribution is 0.0946. The average Bonchev–Trinajstić information content (AvgIpc) is 2.61. The van der Waals surface area contributed by atoms with Gasteiger partial charge >= 0.3 is 0 Å². The van der Waals surface area contributed by atoms with Gasteiger partial charge in [0.2, 0.25) is 0 Å². The van der Waals surface area contributed by atoms with E-state index in [1.165, 1.54) is 11.9 Å². The first kappa shape index (κ1) is 16.6. The predicted octanol–water partition coefficient (Wildman–Crippen LogP) is 3.77. The number of rotatable bonds is 5. The number of hydrogen-bond acceptors (Lipinski definition) is 4. The number of amides is 1. The highest BCUT2D eigenvalue weighted by atomic mass is 16.1. The van der Waals surface area contributed by atoms with E-state index in [1.807, 2.05) is 62.4 Å². The van der Waals surface area contributed by atoms with Crippen LogP contribution in [0.1, 0.15) is 27.2 Å². The maximum Gasteiger partial charge on any atom is 0.270 e. The molecule has 0 atom stereocenters. The van der Waals surface area contributed by atoms with Gasteiger partial charge in [-0.25, -0.2) is 9.97 Å². The molecule has 2 N–H and O–H groups in total. The summed E-state index contributed by atoms with van der Waals surface area (Å²) in [4.78, 5) is 20.5. The lowest BCUT2D eigenvalue weighted by atomic mass is 10.1. The number of aromatic nitrogens is 2. The Morgan fingerprint density at radius 3 is 2.52 bits per heavy atom. The summed E-state index contributed by atoms with van der Waals surface area (Å²) in [6.07, 6.45) is 1.39. The van der Waals surface area contributed by atoms with Crippen LogP contribution in [0.4, 0.5) is 11.5 Å². The molecule has 0 fully saturated rings. The van der Waals surface area contributed by atoms with Gasteiger partial charge in [-0.05, 0) is 37.1 Å². The van der Waals surface area contributed by atoms with E-state index in [0.717, 1.165) is 16.8 Å². The number of nitrogens with zero attached hydrogens (tertiary/aromatic N) is 2. The minimum Gasteiger partial charge on any atom is -0.347 e. The summed E-state index contributed by atoms with van der Waals surface area (Å²) < 4.78 is 0. The molecule has 2 aromatic carbocycles. The van der Waals surface area contributed by atoms with E-state index in [1.54, 1.807) is 6.07 Å². The van der Waals surface area contributed by atoms with E-state index in [0.29, 0.717) is 18.1 Å². The monoisotopic (exact) mass is 332 g/mol. The first-order chi connectivity index (χ1) is 12.1. The highest BCUT2D eigenvalue weighted by molar-refractivity contribution is 5.92. The molecular formula is C20H20N4O. The zero-order valence-electron chi connectivity index (χ0n) is 14.3. The van der Waals surface area contributed by atoms with Crippen molar-refractivity contribution in [2.45, 2.75) is 20.4 Å². The Kier molecular flexibility index (Phi) is 5.04. The van der Waals surface area contributed by atoms with Crippen molar-refractivity contribution in [2.24, 2.45) is 0 Å². The van der Waals surface area contributed by atoms with Crippen molar-refractivity contribution in [1.82, 2.24) is 15.3 Å². The lowest BCUT2D eigenvalue weighted by Crippen LogP contribution is -2.24. The minimum absolute atomic E-state index is 0.227. The van der Waals surface area contributed by atoms with Crippen LogP contribution in [0.3, 0.4) is 0 Å². The van der Waals surface area contributed by atoms with E-state index in [9.17, 15) is 4.79 Å². The molecular weight excluding hydrogens is 312 g/mol. The third kappa shape index (κ3) is 4.64. The van der Waals surface area contributed by atoms with Crippen LogP contribution in [-0.4, -0.2) is 15.9 Å². The normalized spacial score (nSPS) is 10.3. The molecule has 0 aliphatic heterocycles. The van der Waals surface area contributed by atoms with Gasteiger partial charge in [-0.2, -0.15) is 0 Å². The summed E-state index contributed by atoms with van der Waals surface area (Å²) in [6.45, 7) is 4.52. The van der Waals surface area contributed by atoms with Crippen molar-refractivity contribution < 1.29 is 4.79 Å². The van der Waals surface area contributed by atoms with Gasteiger partial charge in [0.1, 0.15) is 17.8 Å². The van der Waals surface area contributed by atoms with Gasteiger partial charge in [0.25, 0.3) is 5.91 Å². The Labute approximate surface area is 147 Å². The number of carbonyl (C=O) groups is 1. The Morgan fingerprint density at radius 2 is 1.76 bits per heavy atom. The summed E-state index contributed by atoms with van der Waals surface area (Å²) in [5.74, 6) is 0.358. The summed E-state index contributed by atoms with van der Waals surface area (Å²) in [5.41, 5.74) is 4.64. The first-order valence-corrected chi connectivity index (χ1v) is 8.09. The molecule has 0 saturated carbocycles. The molecule has 3 aromatic rings. The highest BCUT2D eigenvalue weighted by Gasteiger charge is 2.09. The molecule has 1 amide bonds. The summed E-state index contributed by atoms with van der Waals surface area (Å²) in [5, 5.41) is 6.07. The molecule has 1 heterocycles. The maximum absolute atomic E-state index is 12.3. The molecule has 5 heteroatoms. The zero-order valence-corrected chi connectivity index (χ0v) is 14.3. The van der Waals surface area contributed by atoms with Crippen LogP contribution in [0.15, 0.2) is 60.9 Å². The van der Waals surface area contributed by atoms with Crippen LogP contribution in [0, 0.1) is 13.8 Å². The number of nitrogens with one attached hydrogen (secondary N) is 2. The van der Waals surface area contributed by atoms with Crippen molar-refractivity contribution in [3.05, 3.63) is 83.3 Å². The molecule has 0 bridgehead atoms. The molecule has 0 unspecified atom stereocenters. The Balaban J connectivity index is 1.65. The maximum atomic E-state index is 12.3. The van der Waals surface area contributed by atoms with Crippen LogP contribution in [-0.2, 0) is 6.54 Å². The van der Waals surface area contributed by atoms with E-state index in [4.69, 9.17) is 0 Å². The van der Waals surface area contributed by atoms with Gasteiger partial charge in [-0.1, -0.05) is 42.0 Å². The van der Waals surface area contributed by atoms with Crippen LogP contribution in [0.25, 0.3) is 0 Å². The number of carbonyl (C=O) groups excluding carboxylic acids is 1. The third-order valence-electron chi connectivity index (χ3n) is 3.76. The molecule has 25 heavy (non-hydrogen) atoms. The fraction of sp³-hybridized carbons (Fsp3) is 0.150. The smallest absolute Gasteiger partial charge is 0.270 e. The van der Waals surface area contributed by atoms with Gasteiger partial charge in [-0.15, -0.1) is 0 Å². The standard InChI is InChI=1S/C20H20N4O/c1-14-6-8-16(9-7-14)12-21-20(25)18-11-19(23-13-22-18)24-17-5-3-4-15(2)10-17/h3-11,13H,12H2,1-2H3,(H,21,25)(H,22,23,24). The summed E-state index contributed by atoms with van der Waals surface area (Å²) in [6, 6.07) is 17.6. The molecule has 0 spiro atoms. The molecule has 0 aliphatic carbocycles. The molecule has 1 aromatic heterocycles. The number of aryl methyl sites for hydroxylation is 2. The van der Waals surface area contributed by atoms with Gasteiger partial charge in [0.05, 0.1) is 0 Å². The first-order valence-electron chi connectivity index (χ1n) is 8.09. The van der Waals surface area contributed by atoms with Gasteiger partial charge < -0.3 is 10.6 Å². The Hall–Kier alpha value is -3.21. The van der Waals surface area contributed by atoms with E-state index in [2.05, 4.69) is 20.6 Å². The zero-order chi connectivity index (χ0) is 17.6. The fourth-order valence-electron chi connectivity index (χ4n) is 2.40.